The van der Waals surface area contributed by atoms with Crippen LogP contribution in [0, 0.1) is 6.92 Å². The summed E-state index contributed by atoms with van der Waals surface area (Å²) in [5.74, 6) is 0. The molecule has 1 aromatic heterocycles. The molecule has 0 aliphatic carbocycles. The molecule has 0 spiro atoms. The first-order valence-electron chi connectivity index (χ1n) is 6.11. The largest absolute Gasteiger partial charge is 0.369 e. The number of benzene rings is 1. The summed E-state index contributed by atoms with van der Waals surface area (Å²) in [5, 5.41) is 1.23. The third-order valence-corrected chi connectivity index (χ3v) is 3.39. The number of nitrogens with two attached hydrogens (primary N) is 1. The van der Waals surface area contributed by atoms with Crippen LogP contribution in [0.15, 0.2) is 30.3 Å². The Morgan fingerprint density at radius 2 is 2.18 bits per heavy atom. The van der Waals surface area contributed by atoms with Crippen LogP contribution < -0.4 is 10.6 Å². The van der Waals surface area contributed by atoms with Gasteiger partial charge in [0.25, 0.3) is 0 Å². The molecule has 1 fully saturated rings. The van der Waals surface area contributed by atoms with E-state index in [1.54, 1.807) is 0 Å². The molecule has 3 rings (SSSR count). The van der Waals surface area contributed by atoms with Crippen molar-refractivity contribution < 1.29 is 0 Å². The minimum Gasteiger partial charge on any atom is -0.369 e. The summed E-state index contributed by atoms with van der Waals surface area (Å²) < 4.78 is 0. The van der Waals surface area contributed by atoms with E-state index in [0.29, 0.717) is 6.04 Å². The van der Waals surface area contributed by atoms with E-state index < -0.39 is 0 Å². The lowest BCUT2D eigenvalue weighted by atomic mass is 10.1. The van der Waals surface area contributed by atoms with Crippen LogP contribution in [0.2, 0.25) is 0 Å². The lowest BCUT2D eigenvalue weighted by Gasteiger charge is -2.20. The maximum Gasteiger partial charge on any atom is 0.0726 e. The van der Waals surface area contributed by atoms with Gasteiger partial charge in [-0.05, 0) is 25.5 Å². The Kier molecular flexibility index (Phi) is 2.48. The fraction of sp³-hybridized carbons (Fsp3) is 0.357. The van der Waals surface area contributed by atoms with Gasteiger partial charge in [0.05, 0.1) is 5.52 Å². The SMILES string of the molecule is Cc1cc(N2CC[C@@H](N)C2)c2ccccc2n1. The van der Waals surface area contributed by atoms with Gasteiger partial charge in [-0.25, -0.2) is 0 Å². The summed E-state index contributed by atoms with van der Waals surface area (Å²) in [6.07, 6.45) is 1.08. The van der Waals surface area contributed by atoms with E-state index in [1.807, 2.05) is 13.0 Å². The number of aromatic nitrogens is 1. The maximum absolute atomic E-state index is 5.99. The van der Waals surface area contributed by atoms with E-state index in [-0.39, 0.29) is 0 Å². The van der Waals surface area contributed by atoms with Crippen molar-refractivity contribution >= 4 is 16.6 Å². The number of rotatable bonds is 1. The van der Waals surface area contributed by atoms with Gasteiger partial charge in [0.1, 0.15) is 0 Å². The average Bonchev–Trinajstić information content (AvgIpc) is 2.74. The van der Waals surface area contributed by atoms with Crippen LogP contribution in [0.4, 0.5) is 5.69 Å². The fourth-order valence-electron chi connectivity index (χ4n) is 2.55. The van der Waals surface area contributed by atoms with Gasteiger partial charge in [0.2, 0.25) is 0 Å². The highest BCUT2D eigenvalue weighted by Gasteiger charge is 2.21. The number of nitrogens with zero attached hydrogens (tertiary/aromatic N) is 2. The van der Waals surface area contributed by atoms with E-state index in [0.717, 1.165) is 30.7 Å². The minimum atomic E-state index is 0.308. The smallest absolute Gasteiger partial charge is 0.0726 e. The number of aryl methyl sites for hydroxylation is 1. The van der Waals surface area contributed by atoms with Gasteiger partial charge in [-0.3, -0.25) is 4.98 Å². The summed E-state index contributed by atoms with van der Waals surface area (Å²) in [6.45, 7) is 4.05. The van der Waals surface area contributed by atoms with E-state index in [1.165, 1.54) is 11.1 Å². The summed E-state index contributed by atoms with van der Waals surface area (Å²) >= 11 is 0. The topological polar surface area (TPSA) is 42.1 Å². The Hall–Kier alpha value is -1.61. The minimum absolute atomic E-state index is 0.308. The summed E-state index contributed by atoms with van der Waals surface area (Å²) in [5.41, 5.74) is 9.41. The Balaban J connectivity index is 2.14. The van der Waals surface area contributed by atoms with Crippen molar-refractivity contribution in [3.8, 4) is 0 Å². The van der Waals surface area contributed by atoms with E-state index in [4.69, 9.17) is 5.73 Å². The molecule has 0 radical (unpaired) electrons. The molecular formula is C14H17N3. The van der Waals surface area contributed by atoms with Crippen LogP contribution in [0.25, 0.3) is 10.9 Å². The summed E-state index contributed by atoms with van der Waals surface area (Å²) in [7, 11) is 0. The highest BCUT2D eigenvalue weighted by atomic mass is 15.2. The van der Waals surface area contributed by atoms with Gasteiger partial charge in [0.15, 0.2) is 0 Å². The first-order valence-corrected chi connectivity index (χ1v) is 6.11. The number of anilines is 1. The molecule has 1 saturated heterocycles. The second-order valence-electron chi connectivity index (χ2n) is 4.79. The number of hydrogen-bond donors (Lipinski definition) is 1. The number of fused-ring (bicyclic) bond motifs is 1. The first kappa shape index (κ1) is 10.5. The third-order valence-electron chi connectivity index (χ3n) is 3.39. The molecule has 0 saturated carbocycles. The molecular weight excluding hydrogens is 210 g/mol. The van der Waals surface area contributed by atoms with E-state index in [9.17, 15) is 0 Å². The molecule has 1 aliphatic heterocycles. The second-order valence-corrected chi connectivity index (χ2v) is 4.79. The Morgan fingerprint density at radius 3 is 2.94 bits per heavy atom. The maximum atomic E-state index is 5.99. The van der Waals surface area contributed by atoms with Crippen molar-refractivity contribution in [1.29, 1.82) is 0 Å². The monoisotopic (exact) mass is 227 g/mol. The molecule has 3 heteroatoms. The lowest BCUT2D eigenvalue weighted by Crippen LogP contribution is -2.26. The molecule has 1 aromatic carbocycles. The molecule has 1 atom stereocenters. The number of pyridine rings is 1. The summed E-state index contributed by atoms with van der Waals surface area (Å²) in [6, 6.07) is 10.8. The number of para-hydroxylation sites is 1. The predicted molar refractivity (Wildman–Crippen MR) is 71.3 cm³/mol. The quantitative estimate of drug-likeness (QED) is 0.811. The van der Waals surface area contributed by atoms with Crippen LogP contribution in [-0.2, 0) is 0 Å². The Bertz CT molecular complexity index is 550. The molecule has 3 nitrogen and oxygen atoms in total. The molecule has 2 aromatic rings. The zero-order valence-electron chi connectivity index (χ0n) is 10.1. The van der Waals surface area contributed by atoms with Gasteiger partial charge in [-0.15, -0.1) is 0 Å². The van der Waals surface area contributed by atoms with Crippen molar-refractivity contribution in [2.24, 2.45) is 5.73 Å². The van der Waals surface area contributed by atoms with Crippen LogP contribution in [0.5, 0.6) is 0 Å². The number of hydrogen-bond acceptors (Lipinski definition) is 3. The standard InChI is InChI=1S/C14H17N3/c1-10-8-14(17-7-6-11(15)9-17)12-4-2-3-5-13(12)16-10/h2-5,8,11H,6-7,9,15H2,1H3/t11-/m1/s1. The second kappa shape index (κ2) is 4.00. The van der Waals surface area contributed by atoms with E-state index in [2.05, 4.69) is 34.1 Å². The Morgan fingerprint density at radius 1 is 1.35 bits per heavy atom. The predicted octanol–water partition coefficient (Wildman–Crippen LogP) is 2.08. The first-order chi connectivity index (χ1) is 8.24. The molecule has 2 heterocycles. The molecule has 1 aliphatic rings. The van der Waals surface area contributed by atoms with Crippen molar-refractivity contribution in [1.82, 2.24) is 4.98 Å². The molecule has 0 bridgehead atoms. The van der Waals surface area contributed by atoms with Gasteiger partial charge in [-0.1, -0.05) is 18.2 Å². The molecule has 2 N–H and O–H groups in total. The van der Waals surface area contributed by atoms with Crippen molar-refractivity contribution in [2.75, 3.05) is 18.0 Å². The van der Waals surface area contributed by atoms with Gasteiger partial charge in [-0.2, -0.15) is 0 Å². The molecule has 88 valence electrons. The highest BCUT2D eigenvalue weighted by molar-refractivity contribution is 5.92. The summed E-state index contributed by atoms with van der Waals surface area (Å²) in [4.78, 5) is 6.95. The van der Waals surface area contributed by atoms with Crippen molar-refractivity contribution in [3.63, 3.8) is 0 Å². The van der Waals surface area contributed by atoms with Crippen LogP contribution >= 0.6 is 0 Å². The van der Waals surface area contributed by atoms with Crippen molar-refractivity contribution in [2.45, 2.75) is 19.4 Å². The average molecular weight is 227 g/mol. The van der Waals surface area contributed by atoms with Gasteiger partial charge < -0.3 is 10.6 Å². The molecule has 17 heavy (non-hydrogen) atoms. The zero-order valence-corrected chi connectivity index (χ0v) is 10.1. The molecule has 0 amide bonds. The van der Waals surface area contributed by atoms with Crippen LogP contribution in [-0.4, -0.2) is 24.1 Å². The van der Waals surface area contributed by atoms with Crippen LogP contribution in [0.3, 0.4) is 0 Å². The van der Waals surface area contributed by atoms with Gasteiger partial charge in [0, 0.05) is 35.9 Å². The van der Waals surface area contributed by atoms with Crippen LogP contribution in [0.1, 0.15) is 12.1 Å². The highest BCUT2D eigenvalue weighted by Crippen LogP contribution is 2.28. The Labute approximate surface area is 101 Å². The molecule has 0 unspecified atom stereocenters. The normalized spacial score (nSPS) is 20.1. The van der Waals surface area contributed by atoms with Crippen molar-refractivity contribution in [3.05, 3.63) is 36.0 Å². The fourth-order valence-corrected chi connectivity index (χ4v) is 2.55. The third kappa shape index (κ3) is 1.87. The zero-order chi connectivity index (χ0) is 11.8. The van der Waals surface area contributed by atoms with Gasteiger partial charge >= 0.3 is 0 Å². The van der Waals surface area contributed by atoms with E-state index >= 15 is 0 Å². The lowest BCUT2D eigenvalue weighted by molar-refractivity contribution is 0.752.